The van der Waals surface area contributed by atoms with E-state index in [0.717, 1.165) is 6.29 Å². The number of benzene rings is 1. The van der Waals surface area contributed by atoms with Gasteiger partial charge in [0, 0.05) is 11.5 Å². The number of aromatic carboxylic acids is 1. The summed E-state index contributed by atoms with van der Waals surface area (Å²) in [5, 5.41) is 40.3. The quantitative estimate of drug-likeness (QED) is 0.351. The van der Waals surface area contributed by atoms with E-state index in [0.29, 0.717) is 36.0 Å². The standard InChI is InChI=1S/C20H26O6/c1-10(9-21)5-4-6-11(2)16-13-8-14(20(25)26)18(23)19(24)17(13)12(3)7-15(16)22/h5,8-9,11-12,15-16,22-24H,4,6-7H2,1-3H3,(H,25,26)/b10-5+/t11-,12+,15+,16-/m0/s1. The van der Waals surface area contributed by atoms with Gasteiger partial charge in [0.1, 0.15) is 11.8 Å². The Bertz CT molecular complexity index is 736. The minimum Gasteiger partial charge on any atom is -0.504 e. The fraction of sp³-hybridized carbons (Fsp3) is 0.500. The molecule has 1 aromatic rings. The molecule has 0 aromatic heterocycles. The Morgan fingerprint density at radius 2 is 2.00 bits per heavy atom. The van der Waals surface area contributed by atoms with Crippen molar-refractivity contribution in [3.8, 4) is 11.5 Å². The number of allylic oxidation sites excluding steroid dienone is 2. The highest BCUT2D eigenvalue weighted by Gasteiger charge is 2.38. The van der Waals surface area contributed by atoms with E-state index in [4.69, 9.17) is 0 Å². The van der Waals surface area contributed by atoms with Crippen LogP contribution >= 0.6 is 0 Å². The third-order valence-corrected chi connectivity index (χ3v) is 5.32. The van der Waals surface area contributed by atoms with Crippen LogP contribution in [0.2, 0.25) is 0 Å². The molecule has 0 heterocycles. The van der Waals surface area contributed by atoms with Crippen LogP contribution in [-0.2, 0) is 4.79 Å². The van der Waals surface area contributed by atoms with E-state index in [1.807, 2.05) is 19.9 Å². The number of aliphatic hydroxyl groups excluding tert-OH is 1. The molecule has 4 N–H and O–H groups in total. The highest BCUT2D eigenvalue weighted by atomic mass is 16.4. The fourth-order valence-electron chi connectivity index (χ4n) is 3.97. The Balaban J connectivity index is 2.45. The largest absolute Gasteiger partial charge is 0.504 e. The maximum absolute atomic E-state index is 11.4. The van der Waals surface area contributed by atoms with Crippen LogP contribution in [0.5, 0.6) is 11.5 Å². The van der Waals surface area contributed by atoms with Crippen molar-refractivity contribution in [3.63, 3.8) is 0 Å². The molecule has 0 fully saturated rings. The lowest BCUT2D eigenvalue weighted by Gasteiger charge is -2.38. The highest BCUT2D eigenvalue weighted by Crippen LogP contribution is 2.50. The summed E-state index contributed by atoms with van der Waals surface area (Å²) < 4.78 is 0. The van der Waals surface area contributed by atoms with E-state index in [-0.39, 0.29) is 23.3 Å². The molecule has 0 bridgehead atoms. The van der Waals surface area contributed by atoms with Gasteiger partial charge in [-0.1, -0.05) is 19.9 Å². The number of carboxylic acid groups (broad SMARTS) is 1. The molecule has 2 rings (SSSR count). The predicted molar refractivity (Wildman–Crippen MR) is 96.7 cm³/mol. The molecule has 0 spiro atoms. The Labute approximate surface area is 152 Å². The summed E-state index contributed by atoms with van der Waals surface area (Å²) in [6.07, 6.45) is 3.73. The molecule has 142 valence electrons. The van der Waals surface area contributed by atoms with Gasteiger partial charge in [0.15, 0.2) is 11.5 Å². The normalized spacial score (nSPS) is 24.0. The fourth-order valence-corrected chi connectivity index (χ4v) is 3.97. The Morgan fingerprint density at radius 3 is 2.58 bits per heavy atom. The first kappa shape index (κ1) is 20.0. The third-order valence-electron chi connectivity index (χ3n) is 5.32. The summed E-state index contributed by atoms with van der Waals surface area (Å²) in [7, 11) is 0. The number of rotatable bonds is 6. The Hall–Kier alpha value is -2.34. The molecule has 26 heavy (non-hydrogen) atoms. The van der Waals surface area contributed by atoms with Crippen LogP contribution in [0.4, 0.5) is 0 Å². The topological polar surface area (TPSA) is 115 Å². The first-order valence-electron chi connectivity index (χ1n) is 8.81. The lowest BCUT2D eigenvalue weighted by atomic mass is 9.69. The summed E-state index contributed by atoms with van der Waals surface area (Å²) in [6, 6.07) is 1.37. The first-order valence-corrected chi connectivity index (χ1v) is 8.81. The molecule has 0 aliphatic heterocycles. The van der Waals surface area contributed by atoms with Crippen molar-refractivity contribution in [1.82, 2.24) is 0 Å². The highest BCUT2D eigenvalue weighted by molar-refractivity contribution is 5.92. The maximum atomic E-state index is 11.4. The van der Waals surface area contributed by atoms with Crippen molar-refractivity contribution >= 4 is 12.3 Å². The zero-order valence-electron chi connectivity index (χ0n) is 15.3. The molecular weight excluding hydrogens is 336 g/mol. The lowest BCUT2D eigenvalue weighted by molar-refractivity contribution is -0.104. The summed E-state index contributed by atoms with van der Waals surface area (Å²) in [5.41, 5.74) is 1.37. The molecule has 4 atom stereocenters. The number of hydrogen-bond acceptors (Lipinski definition) is 5. The average Bonchev–Trinajstić information content (AvgIpc) is 2.56. The summed E-state index contributed by atoms with van der Waals surface area (Å²) in [5.74, 6) is -2.92. The minimum atomic E-state index is -1.33. The molecule has 1 aliphatic carbocycles. The van der Waals surface area contributed by atoms with Crippen LogP contribution in [0.3, 0.4) is 0 Å². The second kappa shape index (κ2) is 7.91. The van der Waals surface area contributed by atoms with Gasteiger partial charge in [-0.25, -0.2) is 4.79 Å². The van der Waals surface area contributed by atoms with Gasteiger partial charge >= 0.3 is 5.97 Å². The van der Waals surface area contributed by atoms with Gasteiger partial charge in [0.25, 0.3) is 0 Å². The molecule has 0 saturated heterocycles. The molecule has 6 heteroatoms. The van der Waals surface area contributed by atoms with E-state index < -0.39 is 23.6 Å². The van der Waals surface area contributed by atoms with Gasteiger partial charge in [-0.2, -0.15) is 0 Å². The average molecular weight is 362 g/mol. The number of hydrogen-bond donors (Lipinski definition) is 4. The van der Waals surface area contributed by atoms with Gasteiger partial charge < -0.3 is 20.4 Å². The van der Waals surface area contributed by atoms with Crippen LogP contribution in [0.15, 0.2) is 17.7 Å². The van der Waals surface area contributed by atoms with Gasteiger partial charge in [-0.3, -0.25) is 4.79 Å². The predicted octanol–water partition coefficient (Wildman–Crippen LogP) is 3.31. The lowest BCUT2D eigenvalue weighted by Crippen LogP contribution is -2.32. The number of phenols is 2. The summed E-state index contributed by atoms with van der Waals surface area (Å²) in [6.45, 7) is 5.52. The SMILES string of the molecule is C/C(C=O)=C\CC[C@H](C)[C@H]1c2cc(C(=O)O)c(O)c(O)c2[C@H](C)C[C@H]1O. The van der Waals surface area contributed by atoms with E-state index in [1.54, 1.807) is 6.92 Å². The Kier molecular flexibility index (Phi) is 6.08. The zero-order chi connectivity index (χ0) is 19.6. The van der Waals surface area contributed by atoms with Crippen LogP contribution < -0.4 is 0 Å². The number of carbonyl (C=O) groups excluding carboxylic acids is 1. The van der Waals surface area contributed by atoms with Crippen molar-refractivity contribution in [2.24, 2.45) is 5.92 Å². The zero-order valence-corrected chi connectivity index (χ0v) is 15.3. The van der Waals surface area contributed by atoms with Gasteiger partial charge in [0.05, 0.1) is 6.10 Å². The van der Waals surface area contributed by atoms with Crippen LogP contribution in [-0.4, -0.2) is 38.8 Å². The minimum absolute atomic E-state index is 0.00228. The van der Waals surface area contributed by atoms with E-state index in [9.17, 15) is 30.0 Å². The summed E-state index contributed by atoms with van der Waals surface area (Å²) in [4.78, 5) is 22.1. The molecule has 0 amide bonds. The third kappa shape index (κ3) is 3.75. The number of aliphatic hydroxyl groups is 1. The molecule has 0 saturated carbocycles. The van der Waals surface area contributed by atoms with Crippen molar-refractivity contribution in [2.75, 3.05) is 0 Å². The number of fused-ring (bicyclic) bond motifs is 1. The van der Waals surface area contributed by atoms with Crippen LogP contribution in [0.25, 0.3) is 0 Å². The molecule has 0 radical (unpaired) electrons. The van der Waals surface area contributed by atoms with E-state index in [2.05, 4.69) is 0 Å². The monoisotopic (exact) mass is 362 g/mol. The molecule has 6 nitrogen and oxygen atoms in total. The number of aldehydes is 1. The van der Waals surface area contributed by atoms with Gasteiger partial charge in [-0.05, 0) is 55.2 Å². The smallest absolute Gasteiger partial charge is 0.339 e. The van der Waals surface area contributed by atoms with Crippen LogP contribution in [0.1, 0.15) is 73.4 Å². The van der Waals surface area contributed by atoms with Crippen molar-refractivity contribution in [2.45, 2.75) is 58.0 Å². The van der Waals surface area contributed by atoms with E-state index >= 15 is 0 Å². The molecule has 1 aromatic carbocycles. The number of aromatic hydroxyl groups is 2. The Morgan fingerprint density at radius 1 is 1.35 bits per heavy atom. The van der Waals surface area contributed by atoms with Gasteiger partial charge in [0.2, 0.25) is 0 Å². The number of phenolic OH excluding ortho intramolecular Hbond substituents is 1. The number of carbonyl (C=O) groups is 2. The molecule has 1 aliphatic rings. The first-order chi connectivity index (χ1) is 12.2. The van der Waals surface area contributed by atoms with Crippen molar-refractivity contribution < 1.29 is 30.0 Å². The summed E-state index contributed by atoms with van der Waals surface area (Å²) >= 11 is 0. The van der Waals surface area contributed by atoms with Gasteiger partial charge in [-0.15, -0.1) is 0 Å². The second-order valence-electron chi connectivity index (χ2n) is 7.28. The van der Waals surface area contributed by atoms with Crippen LogP contribution in [0, 0.1) is 5.92 Å². The molecule has 0 unspecified atom stereocenters. The maximum Gasteiger partial charge on any atom is 0.339 e. The van der Waals surface area contributed by atoms with Crippen molar-refractivity contribution in [3.05, 3.63) is 34.4 Å². The second-order valence-corrected chi connectivity index (χ2v) is 7.28. The number of carboxylic acids is 1. The van der Waals surface area contributed by atoms with Crippen molar-refractivity contribution in [1.29, 1.82) is 0 Å². The molecular formula is C20H26O6. The van der Waals surface area contributed by atoms with E-state index in [1.165, 1.54) is 6.07 Å².